The Hall–Kier alpha value is -1.16. The first-order valence-electron chi connectivity index (χ1n) is 5.67. The molecule has 0 heterocycles. The molecule has 0 aliphatic rings. The van der Waals surface area contributed by atoms with E-state index in [-0.39, 0.29) is 5.92 Å². The Morgan fingerprint density at radius 1 is 1.47 bits per heavy atom. The van der Waals surface area contributed by atoms with Gasteiger partial charge < -0.3 is 9.84 Å². The molecule has 1 aromatic rings. The molecule has 0 saturated heterocycles. The van der Waals surface area contributed by atoms with Gasteiger partial charge in [-0.1, -0.05) is 19.9 Å². The summed E-state index contributed by atoms with van der Waals surface area (Å²) in [7, 11) is 0. The van der Waals surface area contributed by atoms with E-state index >= 15 is 0 Å². The van der Waals surface area contributed by atoms with Gasteiger partial charge in [-0.05, 0) is 31.0 Å². The maximum Gasteiger partial charge on any atom is 0.317 e. The maximum atomic E-state index is 11.1. The SMILES string of the molecule is CCOc1cccc(SC(C(=O)O)C(C)C)c1. The molecule has 17 heavy (non-hydrogen) atoms. The molecule has 0 spiro atoms. The molecule has 0 bridgehead atoms. The molecule has 0 saturated carbocycles. The predicted octanol–water partition coefficient (Wildman–Crippen LogP) is 3.29. The first-order valence-corrected chi connectivity index (χ1v) is 6.55. The summed E-state index contributed by atoms with van der Waals surface area (Å²) < 4.78 is 5.39. The summed E-state index contributed by atoms with van der Waals surface area (Å²) in [5, 5.41) is 8.70. The first-order chi connectivity index (χ1) is 8.04. The third-order valence-electron chi connectivity index (χ3n) is 2.23. The van der Waals surface area contributed by atoms with Crippen molar-refractivity contribution in [1.29, 1.82) is 0 Å². The van der Waals surface area contributed by atoms with Crippen LogP contribution in [0.1, 0.15) is 20.8 Å². The number of thioether (sulfide) groups is 1. The summed E-state index contributed by atoms with van der Waals surface area (Å²) in [6.07, 6.45) is 0. The number of benzene rings is 1. The van der Waals surface area contributed by atoms with Crippen LogP contribution in [0.4, 0.5) is 0 Å². The second kappa shape index (κ2) is 6.55. The summed E-state index contributed by atoms with van der Waals surface area (Å²) in [5.41, 5.74) is 0. The summed E-state index contributed by atoms with van der Waals surface area (Å²) in [6.45, 7) is 6.37. The molecular weight excluding hydrogens is 236 g/mol. The largest absolute Gasteiger partial charge is 0.494 e. The Kier molecular flexibility index (Phi) is 5.35. The molecule has 1 rings (SSSR count). The number of carboxylic acids is 1. The van der Waals surface area contributed by atoms with E-state index in [0.717, 1.165) is 10.6 Å². The second-order valence-corrected chi connectivity index (χ2v) is 5.24. The summed E-state index contributed by atoms with van der Waals surface area (Å²) in [6, 6.07) is 7.54. The number of hydrogen-bond acceptors (Lipinski definition) is 3. The van der Waals surface area contributed by atoms with Crippen molar-refractivity contribution in [2.45, 2.75) is 30.9 Å². The van der Waals surface area contributed by atoms with Crippen molar-refractivity contribution >= 4 is 17.7 Å². The molecule has 0 amide bonds. The standard InChI is InChI=1S/C13H18O3S/c1-4-16-10-6-5-7-11(8-10)17-12(9(2)3)13(14)15/h5-9,12H,4H2,1-3H3,(H,14,15). The number of ether oxygens (including phenoxy) is 1. The molecule has 1 atom stereocenters. The van der Waals surface area contributed by atoms with Crippen LogP contribution in [0.3, 0.4) is 0 Å². The Balaban J connectivity index is 2.78. The quantitative estimate of drug-likeness (QED) is 0.791. The lowest BCUT2D eigenvalue weighted by Gasteiger charge is -2.16. The van der Waals surface area contributed by atoms with E-state index < -0.39 is 11.2 Å². The van der Waals surface area contributed by atoms with E-state index in [1.54, 1.807) is 0 Å². The fourth-order valence-corrected chi connectivity index (χ4v) is 2.43. The van der Waals surface area contributed by atoms with Crippen molar-refractivity contribution in [3.05, 3.63) is 24.3 Å². The highest BCUT2D eigenvalue weighted by Crippen LogP contribution is 2.30. The normalized spacial score (nSPS) is 12.5. The van der Waals surface area contributed by atoms with Crippen LogP contribution < -0.4 is 4.74 Å². The van der Waals surface area contributed by atoms with Gasteiger partial charge in [0, 0.05) is 4.90 Å². The highest BCUT2D eigenvalue weighted by atomic mass is 32.2. The van der Waals surface area contributed by atoms with Crippen LogP contribution in [0.2, 0.25) is 0 Å². The average Bonchev–Trinajstić information content (AvgIpc) is 2.26. The van der Waals surface area contributed by atoms with E-state index in [1.807, 2.05) is 45.0 Å². The lowest BCUT2D eigenvalue weighted by Crippen LogP contribution is -2.22. The highest BCUT2D eigenvalue weighted by Gasteiger charge is 2.22. The van der Waals surface area contributed by atoms with E-state index in [1.165, 1.54) is 11.8 Å². The first kappa shape index (κ1) is 13.9. The van der Waals surface area contributed by atoms with Crippen LogP contribution in [0.25, 0.3) is 0 Å². The average molecular weight is 254 g/mol. The monoisotopic (exact) mass is 254 g/mol. The molecule has 3 nitrogen and oxygen atoms in total. The lowest BCUT2D eigenvalue weighted by atomic mass is 10.1. The molecule has 0 aliphatic heterocycles. The van der Waals surface area contributed by atoms with Crippen molar-refractivity contribution < 1.29 is 14.6 Å². The van der Waals surface area contributed by atoms with Gasteiger partial charge in [-0.2, -0.15) is 0 Å². The number of hydrogen-bond donors (Lipinski definition) is 1. The van der Waals surface area contributed by atoms with E-state index in [0.29, 0.717) is 6.61 Å². The van der Waals surface area contributed by atoms with Gasteiger partial charge in [0.1, 0.15) is 11.0 Å². The van der Waals surface area contributed by atoms with Crippen molar-refractivity contribution in [3.63, 3.8) is 0 Å². The van der Waals surface area contributed by atoms with Gasteiger partial charge in [0.15, 0.2) is 0 Å². The van der Waals surface area contributed by atoms with Gasteiger partial charge in [0.25, 0.3) is 0 Å². The van der Waals surface area contributed by atoms with Gasteiger partial charge in [-0.25, -0.2) is 0 Å². The summed E-state index contributed by atoms with van der Waals surface area (Å²) in [5.74, 6) is 0.102. The third kappa shape index (κ3) is 4.30. The number of carbonyl (C=O) groups is 1. The van der Waals surface area contributed by atoms with Gasteiger partial charge in [0.05, 0.1) is 6.61 Å². The van der Waals surface area contributed by atoms with Gasteiger partial charge >= 0.3 is 5.97 Å². The zero-order valence-corrected chi connectivity index (χ0v) is 11.2. The fraction of sp³-hybridized carbons (Fsp3) is 0.462. The smallest absolute Gasteiger partial charge is 0.317 e. The van der Waals surface area contributed by atoms with Gasteiger partial charge in [0.2, 0.25) is 0 Å². The van der Waals surface area contributed by atoms with Crippen LogP contribution in [0, 0.1) is 5.92 Å². The molecule has 0 aliphatic carbocycles. The van der Waals surface area contributed by atoms with Gasteiger partial charge in [-0.15, -0.1) is 11.8 Å². The molecule has 94 valence electrons. The molecule has 0 fully saturated rings. The predicted molar refractivity (Wildman–Crippen MR) is 69.7 cm³/mol. The maximum absolute atomic E-state index is 11.1. The van der Waals surface area contributed by atoms with Crippen molar-refractivity contribution in [2.75, 3.05) is 6.61 Å². The lowest BCUT2D eigenvalue weighted by molar-refractivity contribution is -0.137. The topological polar surface area (TPSA) is 46.5 Å². The van der Waals surface area contributed by atoms with E-state index in [2.05, 4.69) is 0 Å². The minimum atomic E-state index is -0.771. The molecule has 1 aromatic carbocycles. The Morgan fingerprint density at radius 3 is 2.71 bits per heavy atom. The van der Waals surface area contributed by atoms with Crippen molar-refractivity contribution in [1.82, 2.24) is 0 Å². The zero-order chi connectivity index (χ0) is 12.8. The van der Waals surface area contributed by atoms with E-state index in [9.17, 15) is 4.79 Å². The number of rotatable bonds is 6. The number of aliphatic carboxylic acids is 1. The molecular formula is C13H18O3S. The molecule has 0 aromatic heterocycles. The second-order valence-electron chi connectivity index (χ2n) is 4.03. The number of carboxylic acid groups (broad SMARTS) is 1. The summed E-state index contributed by atoms with van der Waals surface area (Å²) >= 11 is 1.37. The molecule has 1 N–H and O–H groups in total. The highest BCUT2D eigenvalue weighted by molar-refractivity contribution is 8.00. The summed E-state index contributed by atoms with van der Waals surface area (Å²) in [4.78, 5) is 12.0. The fourth-order valence-electron chi connectivity index (χ4n) is 1.42. The molecule has 0 radical (unpaired) electrons. The Morgan fingerprint density at radius 2 is 2.18 bits per heavy atom. The Bertz CT molecular complexity index is 377. The third-order valence-corrected chi connectivity index (χ3v) is 3.75. The van der Waals surface area contributed by atoms with Crippen molar-refractivity contribution in [3.8, 4) is 5.75 Å². The van der Waals surface area contributed by atoms with Crippen LogP contribution in [-0.2, 0) is 4.79 Å². The van der Waals surface area contributed by atoms with Crippen LogP contribution in [0.5, 0.6) is 5.75 Å². The Labute approximate surface area is 106 Å². The van der Waals surface area contributed by atoms with Crippen LogP contribution in [-0.4, -0.2) is 22.9 Å². The van der Waals surface area contributed by atoms with Crippen molar-refractivity contribution in [2.24, 2.45) is 5.92 Å². The molecule has 4 heteroatoms. The molecule has 1 unspecified atom stereocenters. The van der Waals surface area contributed by atoms with E-state index in [4.69, 9.17) is 9.84 Å². The van der Waals surface area contributed by atoms with Crippen LogP contribution >= 0.6 is 11.8 Å². The minimum absolute atomic E-state index is 0.0910. The zero-order valence-electron chi connectivity index (χ0n) is 10.3. The van der Waals surface area contributed by atoms with Gasteiger partial charge in [-0.3, -0.25) is 4.79 Å². The minimum Gasteiger partial charge on any atom is -0.494 e. The van der Waals surface area contributed by atoms with Crippen LogP contribution in [0.15, 0.2) is 29.2 Å².